The maximum Gasteiger partial charge on any atom is 0.414 e. The number of nitrogens with zero attached hydrogens (tertiary/aromatic N) is 2. The first-order valence-electron chi connectivity index (χ1n) is 4.99. The summed E-state index contributed by atoms with van der Waals surface area (Å²) in [7, 11) is 1.41. The van der Waals surface area contributed by atoms with E-state index in [1.165, 1.54) is 19.3 Å². The molecule has 0 bridgehead atoms. The van der Waals surface area contributed by atoms with Crippen LogP contribution in [0.5, 0.6) is 0 Å². The standard InChI is InChI=1S/C11H14ClFN2O2/c1-11(2,3)17-10(16)15(4)7-5-6-14-9(12)8(7)13/h5-6H,1-4H3. The van der Waals surface area contributed by atoms with Gasteiger partial charge in [-0.1, -0.05) is 11.6 Å². The molecule has 0 aliphatic rings. The summed E-state index contributed by atoms with van der Waals surface area (Å²) >= 11 is 5.53. The van der Waals surface area contributed by atoms with E-state index in [1.807, 2.05) is 0 Å². The van der Waals surface area contributed by atoms with Gasteiger partial charge in [0.15, 0.2) is 11.0 Å². The Morgan fingerprint density at radius 3 is 2.65 bits per heavy atom. The molecule has 0 unspecified atom stereocenters. The van der Waals surface area contributed by atoms with Gasteiger partial charge in [0.1, 0.15) is 5.60 Å². The molecule has 0 radical (unpaired) electrons. The average Bonchev–Trinajstić information content (AvgIpc) is 2.18. The molecule has 0 aliphatic carbocycles. The molecule has 0 aromatic carbocycles. The molecule has 0 N–H and O–H groups in total. The van der Waals surface area contributed by atoms with Gasteiger partial charge in [0.2, 0.25) is 0 Å². The quantitative estimate of drug-likeness (QED) is 0.728. The minimum absolute atomic E-state index is 0.0271. The van der Waals surface area contributed by atoms with Gasteiger partial charge in [0, 0.05) is 13.2 Å². The predicted octanol–water partition coefficient (Wildman–Crippen LogP) is 3.25. The first-order valence-corrected chi connectivity index (χ1v) is 5.37. The van der Waals surface area contributed by atoms with Gasteiger partial charge in [-0.15, -0.1) is 0 Å². The summed E-state index contributed by atoms with van der Waals surface area (Å²) < 4.78 is 18.7. The molecule has 0 saturated carbocycles. The topological polar surface area (TPSA) is 42.4 Å². The minimum Gasteiger partial charge on any atom is -0.443 e. The third kappa shape index (κ3) is 3.56. The van der Waals surface area contributed by atoms with Crippen LogP contribution in [-0.4, -0.2) is 23.7 Å². The summed E-state index contributed by atoms with van der Waals surface area (Å²) in [4.78, 5) is 16.3. The molecule has 0 fully saturated rings. The largest absolute Gasteiger partial charge is 0.443 e. The molecule has 0 aliphatic heterocycles. The lowest BCUT2D eigenvalue weighted by atomic mass is 10.2. The van der Waals surface area contributed by atoms with Crippen LogP contribution in [0, 0.1) is 5.82 Å². The van der Waals surface area contributed by atoms with Crippen molar-refractivity contribution in [2.75, 3.05) is 11.9 Å². The van der Waals surface area contributed by atoms with E-state index >= 15 is 0 Å². The Bertz CT molecular complexity index is 432. The second-order valence-corrected chi connectivity index (χ2v) is 4.83. The fourth-order valence-corrected chi connectivity index (χ4v) is 1.25. The molecule has 94 valence electrons. The van der Waals surface area contributed by atoms with E-state index in [2.05, 4.69) is 4.98 Å². The number of carbonyl (C=O) groups excluding carboxylic acids is 1. The number of aromatic nitrogens is 1. The van der Waals surface area contributed by atoms with Gasteiger partial charge in [-0.2, -0.15) is 0 Å². The Labute approximate surface area is 104 Å². The van der Waals surface area contributed by atoms with Crippen LogP contribution in [0.25, 0.3) is 0 Å². The molecule has 0 saturated heterocycles. The minimum atomic E-state index is -0.748. The first kappa shape index (κ1) is 13.7. The molecule has 4 nitrogen and oxygen atoms in total. The Balaban J connectivity index is 2.93. The van der Waals surface area contributed by atoms with Gasteiger partial charge < -0.3 is 4.74 Å². The second-order valence-electron chi connectivity index (χ2n) is 4.47. The highest BCUT2D eigenvalue weighted by Gasteiger charge is 2.23. The van der Waals surface area contributed by atoms with E-state index in [0.717, 1.165) is 4.90 Å². The van der Waals surface area contributed by atoms with Crippen LogP contribution in [0.4, 0.5) is 14.9 Å². The van der Waals surface area contributed by atoms with Gasteiger partial charge in [-0.3, -0.25) is 4.90 Å². The Morgan fingerprint density at radius 1 is 1.53 bits per heavy atom. The summed E-state index contributed by atoms with van der Waals surface area (Å²) in [5, 5.41) is -0.280. The van der Waals surface area contributed by atoms with Crippen LogP contribution in [0.2, 0.25) is 5.15 Å². The summed E-state index contributed by atoms with van der Waals surface area (Å²) in [6, 6.07) is 1.35. The molecular weight excluding hydrogens is 247 g/mol. The van der Waals surface area contributed by atoms with Crippen LogP contribution >= 0.6 is 11.6 Å². The van der Waals surface area contributed by atoms with Crippen LogP contribution in [0.1, 0.15) is 20.8 Å². The molecule has 1 heterocycles. The Hall–Kier alpha value is -1.36. The number of anilines is 1. The number of amides is 1. The van der Waals surface area contributed by atoms with Crippen molar-refractivity contribution in [3.63, 3.8) is 0 Å². The van der Waals surface area contributed by atoms with E-state index in [-0.39, 0.29) is 10.8 Å². The SMILES string of the molecule is CN(C(=O)OC(C)(C)C)c1ccnc(Cl)c1F. The number of pyridine rings is 1. The zero-order chi connectivity index (χ0) is 13.2. The number of halogens is 2. The summed E-state index contributed by atoms with van der Waals surface area (Å²) in [6.45, 7) is 5.19. The number of hydrogen-bond donors (Lipinski definition) is 0. The van der Waals surface area contributed by atoms with Crippen molar-refractivity contribution in [1.29, 1.82) is 0 Å². The molecule has 6 heteroatoms. The average molecular weight is 261 g/mol. The highest BCUT2D eigenvalue weighted by molar-refractivity contribution is 6.29. The fourth-order valence-electron chi connectivity index (χ4n) is 1.10. The zero-order valence-electron chi connectivity index (χ0n) is 10.1. The fraction of sp³-hybridized carbons (Fsp3) is 0.455. The normalized spacial score (nSPS) is 11.2. The number of ether oxygens (including phenoxy) is 1. The van der Waals surface area contributed by atoms with Gasteiger partial charge in [-0.25, -0.2) is 14.2 Å². The van der Waals surface area contributed by atoms with Gasteiger partial charge in [0.05, 0.1) is 5.69 Å². The summed E-state index contributed by atoms with van der Waals surface area (Å²) in [5.41, 5.74) is -0.613. The predicted molar refractivity (Wildman–Crippen MR) is 63.8 cm³/mol. The first-order chi connectivity index (χ1) is 7.72. The van der Waals surface area contributed by atoms with Crippen molar-refractivity contribution in [3.05, 3.63) is 23.2 Å². The van der Waals surface area contributed by atoms with Crippen LogP contribution in [0.15, 0.2) is 12.3 Å². The number of carbonyl (C=O) groups is 1. The molecule has 0 spiro atoms. The van der Waals surface area contributed by atoms with E-state index in [0.29, 0.717) is 0 Å². The Kier molecular flexibility index (Phi) is 3.93. The highest BCUT2D eigenvalue weighted by Crippen LogP contribution is 2.24. The highest BCUT2D eigenvalue weighted by atomic mass is 35.5. The van der Waals surface area contributed by atoms with Crippen molar-refractivity contribution >= 4 is 23.4 Å². The third-order valence-electron chi connectivity index (χ3n) is 1.85. The van der Waals surface area contributed by atoms with Crippen LogP contribution < -0.4 is 4.90 Å². The molecule has 1 aromatic rings. The molecular formula is C11H14ClFN2O2. The maximum absolute atomic E-state index is 13.6. The van der Waals surface area contributed by atoms with Crippen molar-refractivity contribution in [2.24, 2.45) is 0 Å². The lowest BCUT2D eigenvalue weighted by Gasteiger charge is -2.24. The molecule has 0 atom stereocenters. The third-order valence-corrected chi connectivity index (χ3v) is 2.12. The second kappa shape index (κ2) is 4.87. The number of rotatable bonds is 1. The van der Waals surface area contributed by atoms with E-state index in [9.17, 15) is 9.18 Å². The molecule has 1 aromatic heterocycles. The van der Waals surface area contributed by atoms with Crippen molar-refractivity contribution in [1.82, 2.24) is 4.98 Å². The number of hydrogen-bond acceptors (Lipinski definition) is 3. The summed E-state index contributed by atoms with van der Waals surface area (Å²) in [6.07, 6.45) is 0.667. The maximum atomic E-state index is 13.6. The Morgan fingerprint density at radius 2 is 2.12 bits per heavy atom. The smallest absolute Gasteiger partial charge is 0.414 e. The van der Waals surface area contributed by atoms with Gasteiger partial charge in [0.25, 0.3) is 0 Å². The van der Waals surface area contributed by atoms with E-state index in [1.54, 1.807) is 20.8 Å². The van der Waals surface area contributed by atoms with Crippen molar-refractivity contribution in [3.8, 4) is 0 Å². The molecule has 17 heavy (non-hydrogen) atoms. The lowest BCUT2D eigenvalue weighted by Crippen LogP contribution is -2.34. The van der Waals surface area contributed by atoms with E-state index < -0.39 is 17.5 Å². The van der Waals surface area contributed by atoms with Crippen molar-refractivity contribution < 1.29 is 13.9 Å². The summed E-state index contributed by atoms with van der Waals surface area (Å²) in [5.74, 6) is -0.748. The van der Waals surface area contributed by atoms with E-state index in [4.69, 9.17) is 16.3 Å². The van der Waals surface area contributed by atoms with Crippen LogP contribution in [0.3, 0.4) is 0 Å². The lowest BCUT2D eigenvalue weighted by molar-refractivity contribution is 0.0588. The zero-order valence-corrected chi connectivity index (χ0v) is 10.9. The molecule has 1 amide bonds. The monoisotopic (exact) mass is 260 g/mol. The van der Waals surface area contributed by atoms with Gasteiger partial charge >= 0.3 is 6.09 Å². The van der Waals surface area contributed by atoms with Crippen LogP contribution in [-0.2, 0) is 4.74 Å². The van der Waals surface area contributed by atoms with Crippen molar-refractivity contribution in [2.45, 2.75) is 26.4 Å². The van der Waals surface area contributed by atoms with Gasteiger partial charge in [-0.05, 0) is 26.8 Å². The molecule has 1 rings (SSSR count).